The number of likely N-dealkylation sites (N-methyl/N-ethyl adjacent to an activating group) is 1. The molecule has 2 N–H and O–H groups in total. The molecule has 2 fully saturated rings. The Labute approximate surface area is 237 Å². The van der Waals surface area contributed by atoms with Crippen LogP contribution in [0, 0.1) is 6.92 Å². The third kappa shape index (κ3) is 7.31. The molecule has 1 aliphatic heterocycles. The number of carbonyl (C=O) groups excluding carboxylic acids is 2. The molecule has 1 saturated carbocycles. The molecule has 0 spiro atoms. The SMILES string of the molecule is Cc1ccc([C@@H]2C[C@H]2NCCCC[C@H](NC(=O)c2ccc(-c3ncccn3)cc2)C(=O)N2CCN(C)CC2)cc1. The number of hydrogen-bond donors (Lipinski definition) is 2. The lowest BCUT2D eigenvalue weighted by atomic mass is 10.1. The van der Waals surface area contributed by atoms with Crippen LogP contribution in [-0.4, -0.2) is 83.4 Å². The summed E-state index contributed by atoms with van der Waals surface area (Å²) in [6.45, 7) is 6.12. The summed E-state index contributed by atoms with van der Waals surface area (Å²) in [7, 11) is 2.07. The third-order valence-corrected chi connectivity index (χ3v) is 8.01. The lowest BCUT2D eigenvalue weighted by Crippen LogP contribution is -2.54. The molecule has 2 aliphatic rings. The normalized spacial score (nSPS) is 19.7. The molecule has 2 amide bonds. The maximum atomic E-state index is 13.5. The molecule has 1 saturated heterocycles. The average molecular weight is 541 g/mol. The number of nitrogens with zero attached hydrogens (tertiary/aromatic N) is 4. The molecule has 1 aromatic heterocycles. The molecule has 2 heterocycles. The van der Waals surface area contributed by atoms with Crippen molar-refractivity contribution >= 4 is 11.8 Å². The van der Waals surface area contributed by atoms with Crippen LogP contribution in [0.2, 0.25) is 0 Å². The fourth-order valence-corrected chi connectivity index (χ4v) is 5.33. The second-order valence-corrected chi connectivity index (χ2v) is 11.1. The number of benzene rings is 2. The first-order valence-corrected chi connectivity index (χ1v) is 14.4. The Kier molecular flexibility index (Phi) is 9.19. The molecule has 2 aromatic carbocycles. The summed E-state index contributed by atoms with van der Waals surface area (Å²) < 4.78 is 0. The summed E-state index contributed by atoms with van der Waals surface area (Å²) in [5.74, 6) is 1.00. The zero-order valence-corrected chi connectivity index (χ0v) is 23.6. The van der Waals surface area contributed by atoms with E-state index in [2.05, 4.69) is 63.7 Å². The molecule has 3 aromatic rings. The zero-order valence-electron chi connectivity index (χ0n) is 23.6. The highest BCUT2D eigenvalue weighted by atomic mass is 16.2. The van der Waals surface area contributed by atoms with Gasteiger partial charge in [-0.2, -0.15) is 0 Å². The van der Waals surface area contributed by atoms with Crippen LogP contribution in [-0.2, 0) is 4.79 Å². The Morgan fingerprint density at radius 2 is 1.65 bits per heavy atom. The molecule has 210 valence electrons. The molecule has 5 rings (SSSR count). The van der Waals surface area contributed by atoms with E-state index in [9.17, 15) is 9.59 Å². The summed E-state index contributed by atoms with van der Waals surface area (Å²) in [6.07, 6.45) is 7.02. The summed E-state index contributed by atoms with van der Waals surface area (Å²) in [5.41, 5.74) is 4.07. The van der Waals surface area contributed by atoms with Crippen molar-refractivity contribution in [2.45, 2.75) is 50.6 Å². The van der Waals surface area contributed by atoms with Gasteiger partial charge in [0, 0.05) is 61.7 Å². The number of aryl methyl sites for hydroxylation is 1. The number of carbonyl (C=O) groups is 2. The quantitative estimate of drug-likeness (QED) is 0.361. The van der Waals surface area contributed by atoms with Crippen molar-refractivity contribution in [1.29, 1.82) is 0 Å². The van der Waals surface area contributed by atoms with Crippen molar-refractivity contribution in [3.8, 4) is 11.4 Å². The van der Waals surface area contributed by atoms with Crippen LogP contribution >= 0.6 is 0 Å². The highest BCUT2D eigenvalue weighted by Crippen LogP contribution is 2.40. The van der Waals surface area contributed by atoms with Crippen molar-refractivity contribution in [2.75, 3.05) is 39.8 Å². The Bertz CT molecular complexity index is 1260. The summed E-state index contributed by atoms with van der Waals surface area (Å²) in [5, 5.41) is 6.73. The van der Waals surface area contributed by atoms with Gasteiger partial charge < -0.3 is 20.4 Å². The Balaban J connectivity index is 1.14. The first-order chi connectivity index (χ1) is 19.5. The molecule has 0 radical (unpaired) electrons. The van der Waals surface area contributed by atoms with E-state index in [-0.39, 0.29) is 11.8 Å². The monoisotopic (exact) mass is 540 g/mol. The van der Waals surface area contributed by atoms with Gasteiger partial charge in [-0.3, -0.25) is 9.59 Å². The van der Waals surface area contributed by atoms with Crippen LogP contribution in [0.4, 0.5) is 0 Å². The Hall–Kier alpha value is -3.62. The molecule has 8 nitrogen and oxygen atoms in total. The minimum atomic E-state index is -0.533. The number of rotatable bonds is 11. The third-order valence-electron chi connectivity index (χ3n) is 8.01. The van der Waals surface area contributed by atoms with Gasteiger partial charge in [0.05, 0.1) is 0 Å². The highest BCUT2D eigenvalue weighted by Gasteiger charge is 2.37. The van der Waals surface area contributed by atoms with Gasteiger partial charge in [0.15, 0.2) is 5.82 Å². The van der Waals surface area contributed by atoms with Gasteiger partial charge >= 0.3 is 0 Å². The van der Waals surface area contributed by atoms with E-state index in [0.29, 0.717) is 42.9 Å². The van der Waals surface area contributed by atoms with Crippen molar-refractivity contribution in [2.24, 2.45) is 0 Å². The van der Waals surface area contributed by atoms with Crippen LogP contribution in [0.5, 0.6) is 0 Å². The molecule has 0 bridgehead atoms. The first kappa shape index (κ1) is 27.9. The number of unbranched alkanes of at least 4 members (excludes halogenated alkanes) is 1. The van der Waals surface area contributed by atoms with E-state index in [4.69, 9.17) is 0 Å². The molecular formula is C32H40N6O2. The van der Waals surface area contributed by atoms with Gasteiger partial charge in [-0.1, -0.05) is 42.0 Å². The van der Waals surface area contributed by atoms with E-state index in [1.807, 2.05) is 17.0 Å². The number of nitrogens with one attached hydrogen (secondary N) is 2. The molecule has 3 atom stereocenters. The van der Waals surface area contributed by atoms with E-state index in [1.165, 1.54) is 17.5 Å². The van der Waals surface area contributed by atoms with E-state index < -0.39 is 6.04 Å². The smallest absolute Gasteiger partial charge is 0.251 e. The molecule has 8 heteroatoms. The Morgan fingerprint density at radius 1 is 0.950 bits per heavy atom. The first-order valence-electron chi connectivity index (χ1n) is 14.4. The van der Waals surface area contributed by atoms with Gasteiger partial charge in [0.25, 0.3) is 5.91 Å². The predicted molar refractivity (Wildman–Crippen MR) is 157 cm³/mol. The molecule has 40 heavy (non-hydrogen) atoms. The standard InChI is InChI=1S/C32H40N6O2/c1-23-7-9-24(10-8-23)27-22-29(27)33-15-4-3-6-28(32(40)38-20-18-37(2)19-21-38)36-31(39)26-13-11-25(12-14-26)30-34-16-5-17-35-30/h5,7-14,16-17,27-29,33H,3-4,6,15,18-22H2,1-2H3,(H,36,39)/t27-,28-,29+/m0/s1. The summed E-state index contributed by atoms with van der Waals surface area (Å²) >= 11 is 0. The Morgan fingerprint density at radius 3 is 2.35 bits per heavy atom. The minimum Gasteiger partial charge on any atom is -0.340 e. The molecule has 0 unspecified atom stereocenters. The fourth-order valence-electron chi connectivity index (χ4n) is 5.33. The fraction of sp³-hybridized carbons (Fsp3) is 0.438. The van der Waals surface area contributed by atoms with Crippen molar-refractivity contribution < 1.29 is 9.59 Å². The molecule has 1 aliphatic carbocycles. The van der Waals surface area contributed by atoms with Crippen LogP contribution in [0.25, 0.3) is 11.4 Å². The van der Waals surface area contributed by atoms with E-state index in [1.54, 1.807) is 30.6 Å². The second-order valence-electron chi connectivity index (χ2n) is 11.1. The largest absolute Gasteiger partial charge is 0.340 e. The second kappa shape index (κ2) is 13.2. The molecular weight excluding hydrogens is 500 g/mol. The van der Waals surface area contributed by atoms with Crippen molar-refractivity contribution in [3.05, 3.63) is 83.7 Å². The number of hydrogen-bond acceptors (Lipinski definition) is 6. The van der Waals surface area contributed by atoms with Gasteiger partial charge in [-0.05, 0) is 70.0 Å². The lowest BCUT2D eigenvalue weighted by Gasteiger charge is -2.34. The van der Waals surface area contributed by atoms with Gasteiger partial charge in [0.2, 0.25) is 5.91 Å². The van der Waals surface area contributed by atoms with Crippen LogP contribution in [0.1, 0.15) is 53.1 Å². The zero-order chi connectivity index (χ0) is 27.9. The van der Waals surface area contributed by atoms with Crippen LogP contribution in [0.15, 0.2) is 67.0 Å². The number of aromatic nitrogens is 2. The summed E-state index contributed by atoms with van der Waals surface area (Å²) in [4.78, 5) is 39.3. The topological polar surface area (TPSA) is 90.5 Å². The maximum absolute atomic E-state index is 13.5. The average Bonchev–Trinajstić information content (AvgIpc) is 3.77. The minimum absolute atomic E-state index is 0.0188. The predicted octanol–water partition coefficient (Wildman–Crippen LogP) is 3.64. The van der Waals surface area contributed by atoms with Gasteiger partial charge in [-0.25, -0.2) is 9.97 Å². The van der Waals surface area contributed by atoms with E-state index >= 15 is 0 Å². The lowest BCUT2D eigenvalue weighted by molar-refractivity contribution is -0.135. The summed E-state index contributed by atoms with van der Waals surface area (Å²) in [6, 6.07) is 17.8. The van der Waals surface area contributed by atoms with Crippen molar-refractivity contribution in [1.82, 2.24) is 30.4 Å². The maximum Gasteiger partial charge on any atom is 0.251 e. The van der Waals surface area contributed by atoms with E-state index in [0.717, 1.165) is 38.0 Å². The van der Waals surface area contributed by atoms with Gasteiger partial charge in [-0.15, -0.1) is 0 Å². The van der Waals surface area contributed by atoms with Gasteiger partial charge in [0.1, 0.15) is 6.04 Å². The van der Waals surface area contributed by atoms with Crippen molar-refractivity contribution in [3.63, 3.8) is 0 Å². The van der Waals surface area contributed by atoms with Crippen LogP contribution in [0.3, 0.4) is 0 Å². The number of amides is 2. The highest BCUT2D eigenvalue weighted by molar-refractivity contribution is 5.97. The number of piperazine rings is 1. The van der Waals surface area contributed by atoms with Crippen LogP contribution < -0.4 is 10.6 Å².